The van der Waals surface area contributed by atoms with Crippen molar-refractivity contribution in [3.63, 3.8) is 0 Å². The summed E-state index contributed by atoms with van der Waals surface area (Å²) in [5.41, 5.74) is 0. The van der Waals surface area contributed by atoms with E-state index in [-0.39, 0.29) is 38.2 Å². The monoisotopic (exact) mass is 1300 g/mol. The molecule has 93 heavy (non-hydrogen) atoms. The van der Waals surface area contributed by atoms with Crippen molar-refractivity contribution in [1.29, 1.82) is 0 Å². The molecule has 0 aliphatic heterocycles. The summed E-state index contributed by atoms with van der Waals surface area (Å²) in [5.74, 6) is -1.98. The molecule has 0 fully saturated rings. The molecule has 0 aromatic carbocycles. The van der Waals surface area contributed by atoms with Crippen LogP contribution < -0.4 is 0 Å². The van der Waals surface area contributed by atoms with E-state index in [1.165, 1.54) is 270 Å². The van der Waals surface area contributed by atoms with Gasteiger partial charge in [-0.15, -0.1) is 0 Å². The Morgan fingerprint density at radius 2 is 0.613 bits per heavy atom. The number of unbranched alkanes of at least 4 members (excludes halogenated alkanes) is 45. The Kier molecular flexibility index (Phi) is 71.4. The number of quaternary nitrogens is 1. The zero-order valence-electron chi connectivity index (χ0n) is 61.9. The van der Waals surface area contributed by atoms with E-state index in [0.717, 1.165) is 77.0 Å². The standard InChI is InChI=1S/C84H151NO8/c1-6-8-10-12-14-16-18-20-22-24-26-28-30-32-34-36-38-40-41-43-45-47-49-51-53-55-57-59-61-63-65-67-69-71-73-75-82(87)93-80(79-92-84(83(88)89)90-77-76-85(3,4)5)78-91-81(86)74-72-70-68-66-64-62-60-58-56-54-52-50-48-46-44-42-39-37-35-33-31-29-27-25-23-21-19-17-15-13-11-9-7-2/h8,10,14,16,19-22,25-28,31,33,80,84H,6-7,9,11-13,15,17-18,23-24,29-30,32,34-79H2,1-5H3/p+1/b10-8-,16-14-,21-19-,22-20-,27-25-,28-26-,33-31-. The number of likely N-dealkylation sites (N-methyl/N-ethyl adjacent to an activating group) is 1. The summed E-state index contributed by atoms with van der Waals surface area (Å²) in [6.45, 7) is 4.81. The van der Waals surface area contributed by atoms with Crippen molar-refractivity contribution in [3.05, 3.63) is 85.1 Å². The van der Waals surface area contributed by atoms with E-state index in [2.05, 4.69) is 98.9 Å². The van der Waals surface area contributed by atoms with E-state index < -0.39 is 18.4 Å². The van der Waals surface area contributed by atoms with Crippen LogP contribution in [-0.4, -0.2) is 87.4 Å². The second kappa shape index (κ2) is 74.3. The van der Waals surface area contributed by atoms with Crippen LogP contribution in [0.15, 0.2) is 85.1 Å². The number of ether oxygens (including phenoxy) is 4. The van der Waals surface area contributed by atoms with Crippen molar-refractivity contribution in [2.24, 2.45) is 0 Å². The number of nitrogens with zero attached hydrogens (tertiary/aromatic N) is 1. The molecule has 0 aromatic rings. The topological polar surface area (TPSA) is 108 Å². The fraction of sp³-hybridized carbons (Fsp3) is 0.798. The van der Waals surface area contributed by atoms with Gasteiger partial charge in [-0.2, -0.15) is 0 Å². The first-order chi connectivity index (χ1) is 45.6. The number of aliphatic carboxylic acids is 1. The summed E-state index contributed by atoms with van der Waals surface area (Å²) >= 11 is 0. The van der Waals surface area contributed by atoms with Crippen molar-refractivity contribution >= 4 is 17.9 Å². The highest BCUT2D eigenvalue weighted by Crippen LogP contribution is 2.19. The van der Waals surface area contributed by atoms with E-state index in [0.29, 0.717) is 17.4 Å². The first-order valence-electron chi connectivity index (χ1n) is 39.8. The Labute approximate surface area is 576 Å². The normalized spacial score (nSPS) is 13.1. The molecule has 2 unspecified atom stereocenters. The molecule has 0 saturated heterocycles. The van der Waals surface area contributed by atoms with Gasteiger partial charge in [0.1, 0.15) is 13.2 Å². The predicted octanol–water partition coefficient (Wildman–Crippen LogP) is 25.4. The van der Waals surface area contributed by atoms with Crippen molar-refractivity contribution in [1.82, 2.24) is 0 Å². The Morgan fingerprint density at radius 3 is 0.914 bits per heavy atom. The van der Waals surface area contributed by atoms with Gasteiger partial charge in [-0.05, 0) is 89.9 Å². The van der Waals surface area contributed by atoms with Gasteiger partial charge in [0.2, 0.25) is 0 Å². The highest BCUT2D eigenvalue weighted by atomic mass is 16.7. The van der Waals surface area contributed by atoms with Crippen LogP contribution in [0.1, 0.15) is 373 Å². The lowest BCUT2D eigenvalue weighted by atomic mass is 10.0. The van der Waals surface area contributed by atoms with Gasteiger partial charge in [0.05, 0.1) is 34.4 Å². The van der Waals surface area contributed by atoms with E-state index in [9.17, 15) is 19.5 Å². The minimum Gasteiger partial charge on any atom is -0.477 e. The van der Waals surface area contributed by atoms with Crippen LogP contribution >= 0.6 is 0 Å². The molecule has 0 radical (unpaired) electrons. The number of esters is 2. The van der Waals surface area contributed by atoms with Gasteiger partial charge in [0, 0.05) is 12.8 Å². The number of hydrogen-bond acceptors (Lipinski definition) is 7. The van der Waals surface area contributed by atoms with Crippen LogP contribution in [0.2, 0.25) is 0 Å². The first kappa shape index (κ1) is 89.5. The van der Waals surface area contributed by atoms with Gasteiger partial charge >= 0.3 is 17.9 Å². The fourth-order valence-electron chi connectivity index (χ4n) is 11.6. The Bertz CT molecular complexity index is 1810. The van der Waals surface area contributed by atoms with E-state index in [4.69, 9.17) is 18.9 Å². The van der Waals surface area contributed by atoms with Crippen molar-refractivity contribution in [2.45, 2.75) is 386 Å². The van der Waals surface area contributed by atoms with Gasteiger partial charge in [0.15, 0.2) is 6.10 Å². The highest BCUT2D eigenvalue weighted by molar-refractivity contribution is 5.71. The van der Waals surface area contributed by atoms with Crippen LogP contribution in [0, 0.1) is 0 Å². The Hall–Kier alpha value is -3.53. The number of carbonyl (C=O) groups is 3. The molecule has 0 heterocycles. The second-order valence-corrected chi connectivity index (χ2v) is 28.0. The molecule has 9 heteroatoms. The predicted molar refractivity (Wildman–Crippen MR) is 401 cm³/mol. The largest absolute Gasteiger partial charge is 0.477 e. The van der Waals surface area contributed by atoms with Gasteiger partial charge in [0.25, 0.3) is 6.29 Å². The summed E-state index contributed by atoms with van der Waals surface area (Å²) in [6.07, 6.45) is 98.8. The van der Waals surface area contributed by atoms with E-state index >= 15 is 0 Å². The molecular weight excluding hydrogens is 1150 g/mol. The lowest BCUT2D eigenvalue weighted by molar-refractivity contribution is -0.870. The third kappa shape index (κ3) is 75.7. The summed E-state index contributed by atoms with van der Waals surface area (Å²) in [5, 5.41) is 9.77. The summed E-state index contributed by atoms with van der Waals surface area (Å²) < 4.78 is 23.1. The molecule has 540 valence electrons. The molecule has 0 aromatic heterocycles. The minimum absolute atomic E-state index is 0.179. The highest BCUT2D eigenvalue weighted by Gasteiger charge is 2.25. The summed E-state index contributed by atoms with van der Waals surface area (Å²) in [6, 6.07) is 0. The van der Waals surface area contributed by atoms with Crippen LogP contribution in [0.25, 0.3) is 0 Å². The zero-order chi connectivity index (χ0) is 67.5. The third-order valence-corrected chi connectivity index (χ3v) is 17.6. The quantitative estimate of drug-likeness (QED) is 0.0211. The van der Waals surface area contributed by atoms with Gasteiger partial charge in [-0.1, -0.05) is 356 Å². The van der Waals surface area contributed by atoms with Crippen LogP contribution in [-0.2, 0) is 33.3 Å². The molecule has 0 aliphatic carbocycles. The number of carboxylic acids is 1. The average Bonchev–Trinajstić information content (AvgIpc) is 3.74. The minimum atomic E-state index is -1.51. The maximum absolute atomic E-state index is 13.0. The molecule has 2 atom stereocenters. The molecule has 0 spiro atoms. The van der Waals surface area contributed by atoms with E-state index in [1.807, 2.05) is 21.1 Å². The van der Waals surface area contributed by atoms with Crippen molar-refractivity contribution in [3.8, 4) is 0 Å². The average molecular weight is 1300 g/mol. The molecule has 0 saturated carbocycles. The maximum atomic E-state index is 13.0. The van der Waals surface area contributed by atoms with Gasteiger partial charge < -0.3 is 28.5 Å². The van der Waals surface area contributed by atoms with Gasteiger partial charge in [-0.3, -0.25) is 9.59 Å². The van der Waals surface area contributed by atoms with Crippen LogP contribution in [0.4, 0.5) is 0 Å². The van der Waals surface area contributed by atoms with Crippen molar-refractivity contribution in [2.75, 3.05) is 47.5 Å². The van der Waals surface area contributed by atoms with Crippen LogP contribution in [0.3, 0.4) is 0 Å². The van der Waals surface area contributed by atoms with E-state index in [1.54, 1.807) is 0 Å². The van der Waals surface area contributed by atoms with Crippen LogP contribution in [0.5, 0.6) is 0 Å². The fourth-order valence-corrected chi connectivity index (χ4v) is 11.6. The summed E-state index contributed by atoms with van der Waals surface area (Å²) in [4.78, 5) is 37.7. The summed E-state index contributed by atoms with van der Waals surface area (Å²) in [7, 11) is 5.99. The molecule has 1 N–H and O–H groups in total. The lowest BCUT2D eigenvalue weighted by Crippen LogP contribution is -2.40. The number of carbonyl (C=O) groups excluding carboxylic acids is 2. The molecule has 0 bridgehead atoms. The molecule has 0 rings (SSSR count). The number of rotatable bonds is 74. The maximum Gasteiger partial charge on any atom is 0.361 e. The second-order valence-electron chi connectivity index (χ2n) is 28.0. The molecule has 9 nitrogen and oxygen atoms in total. The molecule has 0 amide bonds. The number of hydrogen-bond donors (Lipinski definition) is 1. The Balaban J connectivity index is 4.00. The Morgan fingerprint density at radius 1 is 0.333 bits per heavy atom. The van der Waals surface area contributed by atoms with Gasteiger partial charge in [-0.25, -0.2) is 4.79 Å². The number of carboxylic acid groups (broad SMARTS) is 1. The van der Waals surface area contributed by atoms with Crippen molar-refractivity contribution < 1.29 is 42.9 Å². The lowest BCUT2D eigenvalue weighted by Gasteiger charge is -2.25. The molecular formula is C84H152NO8+. The third-order valence-electron chi connectivity index (χ3n) is 17.6. The first-order valence-corrected chi connectivity index (χ1v) is 39.8. The SMILES string of the molecule is CC/C=C\C/C=C\C/C=C\C/C=C\CCCCCCCCCCCCCCCCCCCCCCCCC(=O)OC(COC(=O)CCCCCCCCCCCCCCCCCCCC/C=C\C/C=C\C/C=C\CCCCCCC)COC(OCC[N+](C)(C)C)C(=O)O. The smallest absolute Gasteiger partial charge is 0.361 e. The zero-order valence-corrected chi connectivity index (χ0v) is 61.9. The molecule has 0 aliphatic rings. The number of allylic oxidation sites excluding steroid dienone is 14.